The van der Waals surface area contributed by atoms with Crippen LogP contribution in [0.1, 0.15) is 67.2 Å². The molecule has 1 saturated carbocycles. The van der Waals surface area contributed by atoms with E-state index in [9.17, 15) is 19.5 Å². The second-order valence-corrected chi connectivity index (χ2v) is 10.1. The van der Waals surface area contributed by atoms with Crippen molar-refractivity contribution in [3.05, 3.63) is 0 Å². The number of amides is 2. The van der Waals surface area contributed by atoms with E-state index in [-0.39, 0.29) is 17.4 Å². The molecule has 28 heavy (non-hydrogen) atoms. The van der Waals surface area contributed by atoms with Gasteiger partial charge in [0.1, 0.15) is 17.2 Å². The summed E-state index contributed by atoms with van der Waals surface area (Å²) in [6.45, 7) is 12.0. The Morgan fingerprint density at radius 1 is 1.00 bits per heavy atom. The minimum atomic E-state index is -1.04. The van der Waals surface area contributed by atoms with Gasteiger partial charge in [-0.25, -0.2) is 14.4 Å². The van der Waals surface area contributed by atoms with Gasteiger partial charge < -0.3 is 24.8 Å². The van der Waals surface area contributed by atoms with Crippen LogP contribution in [0.5, 0.6) is 0 Å². The number of carboxylic acids is 1. The third kappa shape index (κ3) is 6.01. The summed E-state index contributed by atoms with van der Waals surface area (Å²) >= 11 is 0. The zero-order valence-electron chi connectivity index (χ0n) is 17.8. The van der Waals surface area contributed by atoms with E-state index in [1.807, 2.05) is 20.8 Å². The fourth-order valence-electron chi connectivity index (χ4n) is 4.00. The van der Waals surface area contributed by atoms with Crippen molar-refractivity contribution in [3.8, 4) is 0 Å². The average Bonchev–Trinajstić information content (AvgIpc) is 2.47. The molecule has 1 aliphatic carbocycles. The third-order valence-electron chi connectivity index (χ3n) is 5.28. The molecule has 0 aromatic carbocycles. The number of nitrogens with zero attached hydrogens (tertiary/aromatic N) is 1. The molecule has 160 valence electrons. The number of likely N-dealkylation sites (tertiary alicyclic amines) is 1. The Bertz CT molecular complexity index is 603. The van der Waals surface area contributed by atoms with E-state index in [4.69, 9.17) is 9.47 Å². The number of ether oxygens (including phenoxy) is 2. The average molecular weight is 399 g/mol. The molecule has 1 saturated heterocycles. The van der Waals surface area contributed by atoms with Gasteiger partial charge >= 0.3 is 18.2 Å². The minimum absolute atomic E-state index is 0.0481. The van der Waals surface area contributed by atoms with Crippen molar-refractivity contribution in [2.24, 2.45) is 11.3 Å². The third-order valence-corrected chi connectivity index (χ3v) is 5.28. The number of hydrogen-bond acceptors (Lipinski definition) is 5. The summed E-state index contributed by atoms with van der Waals surface area (Å²) < 4.78 is 10.6. The van der Waals surface area contributed by atoms with Crippen LogP contribution in [0.2, 0.25) is 0 Å². The van der Waals surface area contributed by atoms with E-state index in [0.29, 0.717) is 13.1 Å². The summed E-state index contributed by atoms with van der Waals surface area (Å²) in [7, 11) is 0. The summed E-state index contributed by atoms with van der Waals surface area (Å²) in [4.78, 5) is 37.5. The maximum atomic E-state index is 12.2. The second-order valence-electron chi connectivity index (χ2n) is 10.1. The zero-order chi connectivity index (χ0) is 21.3. The highest BCUT2D eigenvalue weighted by Crippen LogP contribution is 2.53. The number of hydrogen-bond donors (Lipinski definition) is 2. The highest BCUT2D eigenvalue weighted by atomic mass is 16.6. The Balaban J connectivity index is 1.85. The Morgan fingerprint density at radius 2 is 1.50 bits per heavy atom. The molecule has 2 fully saturated rings. The highest BCUT2D eigenvalue weighted by Gasteiger charge is 2.51. The largest absolute Gasteiger partial charge is 0.480 e. The molecule has 1 heterocycles. The van der Waals surface area contributed by atoms with Crippen LogP contribution in [-0.2, 0) is 14.3 Å². The SMILES string of the molecule is CC(C)(C)OC(=O)NC(C(=O)O)C1CC2(CCN(C(=O)OC(C)(C)C)CC2)C1. The smallest absolute Gasteiger partial charge is 0.410 e. The molecule has 0 radical (unpaired) electrons. The predicted octanol–water partition coefficient (Wildman–Crippen LogP) is 3.39. The molecular weight excluding hydrogens is 364 g/mol. The van der Waals surface area contributed by atoms with Crippen LogP contribution in [-0.4, -0.2) is 58.5 Å². The molecule has 0 bridgehead atoms. The normalized spacial score (nSPS) is 20.9. The van der Waals surface area contributed by atoms with Crippen molar-refractivity contribution in [3.63, 3.8) is 0 Å². The van der Waals surface area contributed by atoms with E-state index in [0.717, 1.165) is 25.7 Å². The minimum Gasteiger partial charge on any atom is -0.480 e. The first-order chi connectivity index (χ1) is 12.7. The molecule has 2 N–H and O–H groups in total. The van der Waals surface area contributed by atoms with Crippen molar-refractivity contribution < 1.29 is 29.0 Å². The maximum absolute atomic E-state index is 12.2. The zero-order valence-corrected chi connectivity index (χ0v) is 17.8. The second kappa shape index (κ2) is 7.79. The first-order valence-corrected chi connectivity index (χ1v) is 9.90. The molecule has 1 unspecified atom stereocenters. The summed E-state index contributed by atoms with van der Waals surface area (Å²) in [5.74, 6) is -1.17. The van der Waals surface area contributed by atoms with Crippen molar-refractivity contribution in [1.82, 2.24) is 10.2 Å². The lowest BCUT2D eigenvalue weighted by Gasteiger charge is -2.53. The number of carbonyl (C=O) groups excluding carboxylic acids is 2. The van der Waals surface area contributed by atoms with E-state index >= 15 is 0 Å². The van der Waals surface area contributed by atoms with E-state index in [1.54, 1.807) is 25.7 Å². The van der Waals surface area contributed by atoms with Gasteiger partial charge in [-0.1, -0.05) is 0 Å². The number of carboxylic acid groups (broad SMARTS) is 1. The topological polar surface area (TPSA) is 105 Å². The summed E-state index contributed by atoms with van der Waals surface area (Å²) in [6, 6.07) is -0.954. The molecular formula is C20H34N2O6. The fourth-order valence-corrected chi connectivity index (χ4v) is 4.00. The monoisotopic (exact) mass is 398 g/mol. The Kier molecular flexibility index (Phi) is 6.21. The van der Waals surface area contributed by atoms with Gasteiger partial charge in [0.15, 0.2) is 0 Å². The van der Waals surface area contributed by atoms with Crippen molar-refractivity contribution in [2.45, 2.75) is 84.5 Å². The summed E-state index contributed by atoms with van der Waals surface area (Å²) in [6.07, 6.45) is 2.08. The first kappa shape index (κ1) is 22.3. The Morgan fingerprint density at radius 3 is 1.93 bits per heavy atom. The molecule has 0 aromatic rings. The Labute approximate surface area is 166 Å². The number of aliphatic carboxylic acids is 1. The van der Waals surface area contributed by atoms with Crippen LogP contribution < -0.4 is 5.32 Å². The number of rotatable bonds is 3. The van der Waals surface area contributed by atoms with Crippen LogP contribution >= 0.6 is 0 Å². The summed E-state index contributed by atoms with van der Waals surface area (Å²) in [5, 5.41) is 12.0. The fraction of sp³-hybridized carbons (Fsp3) is 0.850. The summed E-state index contributed by atoms with van der Waals surface area (Å²) in [5.41, 5.74) is -1.15. The van der Waals surface area contributed by atoms with E-state index in [1.165, 1.54) is 0 Å². The van der Waals surface area contributed by atoms with Gasteiger partial charge in [0.2, 0.25) is 0 Å². The number of carbonyl (C=O) groups is 3. The molecule has 0 aromatic heterocycles. The van der Waals surface area contributed by atoms with Gasteiger partial charge in [-0.05, 0) is 78.6 Å². The molecule has 2 aliphatic rings. The first-order valence-electron chi connectivity index (χ1n) is 9.90. The van der Waals surface area contributed by atoms with Gasteiger partial charge in [-0.3, -0.25) is 0 Å². The lowest BCUT2D eigenvalue weighted by atomic mass is 9.56. The molecule has 2 rings (SSSR count). The number of piperidine rings is 1. The standard InChI is InChI=1S/C20H34N2O6/c1-18(2,3)27-16(25)21-14(15(23)24)13-11-20(12-13)7-9-22(10-8-20)17(26)28-19(4,5)6/h13-14H,7-12H2,1-6H3,(H,21,25)(H,23,24). The van der Waals surface area contributed by atoms with Crippen LogP contribution in [0.15, 0.2) is 0 Å². The highest BCUT2D eigenvalue weighted by molar-refractivity contribution is 5.80. The van der Waals surface area contributed by atoms with E-state index < -0.39 is 29.3 Å². The van der Waals surface area contributed by atoms with Gasteiger partial charge in [0.05, 0.1) is 0 Å². The predicted molar refractivity (Wildman–Crippen MR) is 103 cm³/mol. The molecule has 1 spiro atoms. The van der Waals surface area contributed by atoms with Gasteiger partial charge in [-0.15, -0.1) is 0 Å². The Hall–Kier alpha value is -1.99. The molecule has 1 atom stereocenters. The quantitative estimate of drug-likeness (QED) is 0.755. The van der Waals surface area contributed by atoms with Gasteiger partial charge in [0, 0.05) is 13.1 Å². The maximum Gasteiger partial charge on any atom is 0.410 e. The van der Waals surface area contributed by atoms with Crippen LogP contribution in [0.3, 0.4) is 0 Å². The molecule has 2 amide bonds. The van der Waals surface area contributed by atoms with Gasteiger partial charge in [-0.2, -0.15) is 0 Å². The van der Waals surface area contributed by atoms with Crippen LogP contribution in [0.4, 0.5) is 9.59 Å². The lowest BCUT2D eigenvalue weighted by Crippen LogP contribution is -2.57. The van der Waals surface area contributed by atoms with Crippen molar-refractivity contribution >= 4 is 18.2 Å². The van der Waals surface area contributed by atoms with Gasteiger partial charge in [0.25, 0.3) is 0 Å². The van der Waals surface area contributed by atoms with Crippen molar-refractivity contribution in [2.75, 3.05) is 13.1 Å². The van der Waals surface area contributed by atoms with Crippen LogP contribution in [0.25, 0.3) is 0 Å². The molecule has 1 aliphatic heterocycles. The van der Waals surface area contributed by atoms with Crippen LogP contribution in [0, 0.1) is 11.3 Å². The molecule has 8 heteroatoms. The number of alkyl carbamates (subject to hydrolysis) is 1. The van der Waals surface area contributed by atoms with E-state index in [2.05, 4.69) is 5.32 Å². The number of nitrogens with one attached hydrogen (secondary N) is 1. The molecule has 8 nitrogen and oxygen atoms in total. The lowest BCUT2D eigenvalue weighted by molar-refractivity contribution is -0.144. The van der Waals surface area contributed by atoms with Crippen molar-refractivity contribution in [1.29, 1.82) is 0 Å².